The molecule has 1 heterocycles. The second kappa shape index (κ2) is 10.9. The number of aromatic nitrogens is 3. The van der Waals surface area contributed by atoms with E-state index >= 15 is 0 Å². The third kappa shape index (κ3) is 6.18. The summed E-state index contributed by atoms with van der Waals surface area (Å²) in [4.78, 5) is 24.7. The van der Waals surface area contributed by atoms with Crippen LogP contribution in [0.3, 0.4) is 0 Å². The summed E-state index contributed by atoms with van der Waals surface area (Å²) in [6, 6.07) is 11.2. The van der Waals surface area contributed by atoms with Crippen molar-refractivity contribution in [2.75, 3.05) is 16.4 Å². The summed E-state index contributed by atoms with van der Waals surface area (Å²) in [5, 5.41) is 14.5. The smallest absolute Gasteiger partial charge is 0.234 e. The van der Waals surface area contributed by atoms with E-state index in [0.717, 1.165) is 17.3 Å². The van der Waals surface area contributed by atoms with Crippen LogP contribution in [0.5, 0.6) is 0 Å². The van der Waals surface area contributed by atoms with Crippen LogP contribution in [0, 0.1) is 12.7 Å². The van der Waals surface area contributed by atoms with Gasteiger partial charge in [0.05, 0.1) is 17.9 Å². The summed E-state index contributed by atoms with van der Waals surface area (Å²) in [7, 11) is 0. The van der Waals surface area contributed by atoms with Gasteiger partial charge in [0.1, 0.15) is 11.6 Å². The van der Waals surface area contributed by atoms with Gasteiger partial charge >= 0.3 is 0 Å². The average molecular weight is 474 g/mol. The third-order valence-electron chi connectivity index (χ3n) is 4.36. The molecular weight excluding hydrogens is 453 g/mol. The van der Waals surface area contributed by atoms with Crippen LogP contribution in [0.15, 0.2) is 60.3 Å². The number of benzene rings is 2. The fourth-order valence-electron chi connectivity index (χ4n) is 2.77. The van der Waals surface area contributed by atoms with Gasteiger partial charge < -0.3 is 15.2 Å². The molecule has 166 valence electrons. The van der Waals surface area contributed by atoms with Crippen molar-refractivity contribution in [2.24, 2.45) is 0 Å². The predicted molar refractivity (Wildman–Crippen MR) is 124 cm³/mol. The third-order valence-corrected chi connectivity index (χ3v) is 5.73. The lowest BCUT2D eigenvalue weighted by atomic mass is 10.2. The molecule has 0 aliphatic carbocycles. The van der Waals surface area contributed by atoms with E-state index in [2.05, 4.69) is 27.4 Å². The van der Waals surface area contributed by atoms with Crippen molar-refractivity contribution in [1.82, 2.24) is 14.8 Å². The first-order valence-electron chi connectivity index (χ1n) is 9.63. The second-order valence-corrected chi connectivity index (χ2v) is 8.15. The monoisotopic (exact) mass is 473 g/mol. The highest BCUT2D eigenvalue weighted by atomic mass is 35.5. The number of nitrogens with zero attached hydrogens (tertiary/aromatic N) is 3. The fraction of sp³-hybridized carbons (Fsp3) is 0.182. The van der Waals surface area contributed by atoms with E-state index in [1.807, 2.05) is 13.0 Å². The van der Waals surface area contributed by atoms with Gasteiger partial charge in [-0.2, -0.15) is 0 Å². The van der Waals surface area contributed by atoms with E-state index < -0.39 is 5.82 Å². The molecule has 0 saturated heterocycles. The number of aryl methyl sites for hydroxylation is 1. The standard InChI is InChI=1S/C22H21ClFN5O2S/c1-3-10-29-19(12-20(30)25-15-9-8-14(2)16(23)11-15)27-28-22(29)32-13-21(31)26-18-7-5-4-6-17(18)24/h3-9,11H,1,10,12-13H2,2H3,(H,25,30)(H,26,31). The maximum atomic E-state index is 13.7. The van der Waals surface area contributed by atoms with Crippen molar-refractivity contribution in [1.29, 1.82) is 0 Å². The number of carbonyl (C=O) groups excluding carboxylic acids is 2. The maximum Gasteiger partial charge on any atom is 0.234 e. The lowest BCUT2D eigenvalue weighted by Crippen LogP contribution is -2.18. The first kappa shape index (κ1) is 23.5. The average Bonchev–Trinajstić information content (AvgIpc) is 3.12. The van der Waals surface area contributed by atoms with Crippen LogP contribution in [-0.4, -0.2) is 32.3 Å². The van der Waals surface area contributed by atoms with Crippen LogP contribution in [0.4, 0.5) is 15.8 Å². The van der Waals surface area contributed by atoms with Gasteiger partial charge in [0.2, 0.25) is 11.8 Å². The molecule has 0 fully saturated rings. The van der Waals surface area contributed by atoms with Gasteiger partial charge in [0.25, 0.3) is 0 Å². The normalized spacial score (nSPS) is 10.6. The highest BCUT2D eigenvalue weighted by Crippen LogP contribution is 2.21. The van der Waals surface area contributed by atoms with Crippen molar-refractivity contribution in [3.8, 4) is 0 Å². The Labute approximate surface area is 194 Å². The molecule has 10 heteroatoms. The number of anilines is 2. The Morgan fingerprint density at radius 3 is 2.69 bits per heavy atom. The van der Waals surface area contributed by atoms with Gasteiger partial charge in [0.15, 0.2) is 5.16 Å². The summed E-state index contributed by atoms with van der Waals surface area (Å²) in [6.07, 6.45) is 1.63. The van der Waals surface area contributed by atoms with Gasteiger partial charge in [-0.1, -0.05) is 47.6 Å². The van der Waals surface area contributed by atoms with Crippen molar-refractivity contribution in [3.63, 3.8) is 0 Å². The lowest BCUT2D eigenvalue weighted by molar-refractivity contribution is -0.116. The molecule has 0 aliphatic heterocycles. The first-order valence-corrected chi connectivity index (χ1v) is 11.0. The van der Waals surface area contributed by atoms with Gasteiger partial charge in [-0.3, -0.25) is 9.59 Å². The zero-order valence-corrected chi connectivity index (χ0v) is 18.8. The van der Waals surface area contributed by atoms with Gasteiger partial charge in [0, 0.05) is 17.3 Å². The number of hydrogen-bond acceptors (Lipinski definition) is 5. The van der Waals surface area contributed by atoms with Crippen molar-refractivity contribution >= 4 is 46.6 Å². The lowest BCUT2D eigenvalue weighted by Gasteiger charge is -2.09. The van der Waals surface area contributed by atoms with Crippen LogP contribution in [0.2, 0.25) is 5.02 Å². The Morgan fingerprint density at radius 1 is 1.19 bits per heavy atom. The molecule has 3 rings (SSSR count). The molecule has 7 nitrogen and oxygen atoms in total. The molecule has 32 heavy (non-hydrogen) atoms. The van der Waals surface area contributed by atoms with E-state index in [-0.39, 0.29) is 29.7 Å². The molecular formula is C22H21ClFN5O2S. The molecule has 1 aromatic heterocycles. The number of nitrogens with one attached hydrogen (secondary N) is 2. The van der Waals surface area contributed by atoms with Crippen molar-refractivity contribution in [3.05, 3.63) is 77.3 Å². The van der Waals surface area contributed by atoms with Crippen molar-refractivity contribution < 1.29 is 14.0 Å². The zero-order valence-electron chi connectivity index (χ0n) is 17.3. The maximum absolute atomic E-state index is 13.7. The Hall–Kier alpha value is -3.17. The molecule has 2 amide bonds. The summed E-state index contributed by atoms with van der Waals surface area (Å²) < 4.78 is 15.4. The predicted octanol–water partition coefficient (Wildman–Crippen LogP) is 4.48. The molecule has 0 unspecified atom stereocenters. The highest BCUT2D eigenvalue weighted by Gasteiger charge is 2.17. The molecule has 0 saturated carbocycles. The number of hydrogen-bond donors (Lipinski definition) is 2. The molecule has 3 aromatic rings. The number of thioether (sulfide) groups is 1. The zero-order chi connectivity index (χ0) is 23.1. The van der Waals surface area contributed by atoms with Gasteiger partial charge in [-0.15, -0.1) is 16.8 Å². The second-order valence-electron chi connectivity index (χ2n) is 6.80. The van der Waals surface area contributed by atoms with Crippen LogP contribution >= 0.6 is 23.4 Å². The van der Waals surface area contributed by atoms with Crippen molar-refractivity contribution in [2.45, 2.75) is 25.0 Å². The first-order chi connectivity index (χ1) is 15.4. The Kier molecular flexibility index (Phi) is 8.02. The van der Waals surface area contributed by atoms with E-state index in [9.17, 15) is 14.0 Å². The minimum Gasteiger partial charge on any atom is -0.326 e. The fourth-order valence-corrected chi connectivity index (χ4v) is 3.71. The minimum atomic E-state index is -0.510. The molecule has 0 spiro atoms. The van der Waals surface area contributed by atoms with Crippen LogP contribution < -0.4 is 10.6 Å². The van der Waals surface area contributed by atoms with Gasteiger partial charge in [-0.25, -0.2) is 4.39 Å². The van der Waals surface area contributed by atoms with E-state index in [4.69, 9.17) is 11.6 Å². The number of halogens is 2. The van der Waals surface area contributed by atoms with Crippen LogP contribution in [-0.2, 0) is 22.6 Å². The van der Waals surface area contributed by atoms with E-state index in [1.165, 1.54) is 12.1 Å². The highest BCUT2D eigenvalue weighted by molar-refractivity contribution is 7.99. The number of allylic oxidation sites excluding steroid dienone is 1. The summed E-state index contributed by atoms with van der Waals surface area (Å²) in [5.74, 6) is -0.751. The molecule has 2 aromatic carbocycles. The Balaban J connectivity index is 1.63. The number of carbonyl (C=O) groups is 2. The van der Waals surface area contributed by atoms with Gasteiger partial charge in [-0.05, 0) is 36.8 Å². The number of para-hydroxylation sites is 1. The van der Waals surface area contributed by atoms with E-state index in [1.54, 1.807) is 34.9 Å². The molecule has 0 bridgehead atoms. The molecule has 0 atom stereocenters. The summed E-state index contributed by atoms with van der Waals surface area (Å²) in [5.41, 5.74) is 1.61. The Morgan fingerprint density at radius 2 is 1.97 bits per heavy atom. The van der Waals surface area contributed by atoms with E-state index in [0.29, 0.717) is 28.2 Å². The summed E-state index contributed by atoms with van der Waals surface area (Å²) in [6.45, 7) is 5.96. The SMILES string of the molecule is C=CCn1c(CC(=O)Nc2ccc(C)c(Cl)c2)nnc1SCC(=O)Nc1ccccc1F. The quantitative estimate of drug-likeness (QED) is 0.353. The molecule has 0 radical (unpaired) electrons. The Bertz CT molecular complexity index is 1150. The largest absolute Gasteiger partial charge is 0.326 e. The topological polar surface area (TPSA) is 88.9 Å². The molecule has 2 N–H and O–H groups in total. The number of rotatable bonds is 9. The summed E-state index contributed by atoms with van der Waals surface area (Å²) >= 11 is 7.24. The van der Waals surface area contributed by atoms with Crippen LogP contribution in [0.25, 0.3) is 0 Å². The molecule has 0 aliphatic rings. The number of amides is 2. The van der Waals surface area contributed by atoms with Crippen LogP contribution in [0.1, 0.15) is 11.4 Å². The minimum absolute atomic E-state index is 0.00231.